The van der Waals surface area contributed by atoms with E-state index in [-0.39, 0.29) is 29.0 Å². The fourth-order valence-electron chi connectivity index (χ4n) is 3.92. The number of aliphatic carboxylic acids is 1. The van der Waals surface area contributed by atoms with Crippen LogP contribution in [0.2, 0.25) is 0 Å². The maximum atomic E-state index is 13.5. The van der Waals surface area contributed by atoms with Crippen LogP contribution in [-0.2, 0) is 19.8 Å². The Balaban J connectivity index is 3.20. The maximum Gasteiger partial charge on any atom is 0.335 e. The summed E-state index contributed by atoms with van der Waals surface area (Å²) in [7, 11) is 3.43. The monoisotopic (exact) mass is 505 g/mol. The molecule has 4 N–H and O–H groups in total. The van der Waals surface area contributed by atoms with Gasteiger partial charge in [-0.3, -0.25) is 9.63 Å². The van der Waals surface area contributed by atoms with Gasteiger partial charge in [0.2, 0.25) is 5.91 Å². The van der Waals surface area contributed by atoms with Crippen LogP contribution >= 0.6 is 0 Å². The van der Waals surface area contributed by atoms with E-state index in [4.69, 9.17) is 4.84 Å². The highest BCUT2D eigenvalue weighted by atomic mass is 16.7. The largest absolute Gasteiger partial charge is 0.478 e. The van der Waals surface area contributed by atoms with E-state index in [0.29, 0.717) is 0 Å². The van der Waals surface area contributed by atoms with E-state index in [0.717, 1.165) is 5.56 Å². The van der Waals surface area contributed by atoms with E-state index in [1.165, 1.54) is 19.1 Å². The third kappa shape index (κ3) is 8.15. The zero-order chi connectivity index (χ0) is 28.0. The van der Waals surface area contributed by atoms with Crippen LogP contribution in [0.15, 0.2) is 35.9 Å². The van der Waals surface area contributed by atoms with Crippen LogP contribution in [-0.4, -0.2) is 65.5 Å². The minimum absolute atomic E-state index is 0.0541. The lowest BCUT2D eigenvalue weighted by Crippen LogP contribution is -2.59. The number of carboxylic acid groups (broad SMARTS) is 2. The maximum absolute atomic E-state index is 13.5. The second-order valence-electron chi connectivity index (χ2n) is 11.1. The number of carbonyl (C=O) groups is 3. The number of nitrogens with zero attached hydrogens (tertiary/aromatic N) is 1. The molecule has 0 aliphatic carbocycles. The van der Waals surface area contributed by atoms with Crippen LogP contribution in [0.4, 0.5) is 0 Å². The molecule has 1 aromatic carbocycles. The molecule has 1 aromatic rings. The van der Waals surface area contributed by atoms with E-state index >= 15 is 0 Å². The number of benzene rings is 1. The standard InChI is InChI=1S/C27H43N3O6/c1-16(2)20(15-17(3)23(32)33)30(10)36-25(26(4,5)6)29-22(31)21(28-9)27(7,8)19-13-11-18(12-14-19)24(34)35/h11-16,20-21,25,28H,1-10H3,(H,29,31)(H,32,33)(H,34,35)/b17-15+/t20-,21?,25+/m1/s1. The first kappa shape index (κ1) is 31.3. The van der Waals surface area contributed by atoms with Crippen molar-refractivity contribution in [2.45, 2.75) is 79.1 Å². The molecule has 0 aliphatic heterocycles. The van der Waals surface area contributed by atoms with Crippen molar-refractivity contribution in [3.8, 4) is 0 Å². The van der Waals surface area contributed by atoms with Crippen molar-refractivity contribution in [1.82, 2.24) is 15.7 Å². The lowest BCUT2D eigenvalue weighted by atomic mass is 9.77. The molecule has 3 atom stereocenters. The smallest absolute Gasteiger partial charge is 0.335 e. The molecule has 9 heteroatoms. The van der Waals surface area contributed by atoms with Gasteiger partial charge in [0.15, 0.2) is 6.23 Å². The molecule has 0 aliphatic rings. The first-order valence-electron chi connectivity index (χ1n) is 12.1. The quantitative estimate of drug-likeness (QED) is 0.193. The predicted molar refractivity (Wildman–Crippen MR) is 140 cm³/mol. The Kier molecular flexibility index (Phi) is 10.8. The molecule has 1 rings (SSSR count). The number of likely N-dealkylation sites (N-methyl/N-ethyl adjacent to an activating group) is 2. The highest BCUT2D eigenvalue weighted by molar-refractivity contribution is 5.88. The Morgan fingerprint density at radius 1 is 1.03 bits per heavy atom. The summed E-state index contributed by atoms with van der Waals surface area (Å²) in [4.78, 5) is 42.3. The molecule has 0 spiro atoms. The summed E-state index contributed by atoms with van der Waals surface area (Å²) in [6, 6.07) is 5.51. The van der Waals surface area contributed by atoms with Crippen LogP contribution in [0.3, 0.4) is 0 Å². The molecule has 0 heterocycles. The zero-order valence-corrected chi connectivity index (χ0v) is 23.2. The number of carboxylic acids is 2. The van der Waals surface area contributed by atoms with Crippen LogP contribution in [0.25, 0.3) is 0 Å². The molecule has 36 heavy (non-hydrogen) atoms. The molecule has 1 amide bonds. The minimum Gasteiger partial charge on any atom is -0.478 e. The molecule has 1 unspecified atom stereocenters. The van der Waals surface area contributed by atoms with Gasteiger partial charge >= 0.3 is 11.9 Å². The highest BCUT2D eigenvalue weighted by Gasteiger charge is 2.39. The van der Waals surface area contributed by atoms with Gasteiger partial charge in [0.25, 0.3) is 0 Å². The Morgan fingerprint density at radius 3 is 1.94 bits per heavy atom. The van der Waals surface area contributed by atoms with Crippen molar-refractivity contribution in [2.75, 3.05) is 14.1 Å². The second-order valence-corrected chi connectivity index (χ2v) is 11.1. The van der Waals surface area contributed by atoms with E-state index in [1.807, 2.05) is 48.5 Å². The second kappa shape index (κ2) is 12.5. The molecule has 9 nitrogen and oxygen atoms in total. The van der Waals surface area contributed by atoms with Crippen molar-refractivity contribution < 1.29 is 29.4 Å². The van der Waals surface area contributed by atoms with Gasteiger partial charge in [0.1, 0.15) is 0 Å². The molecule has 0 aromatic heterocycles. The first-order chi connectivity index (χ1) is 16.4. The third-order valence-electron chi connectivity index (χ3n) is 6.34. The van der Waals surface area contributed by atoms with Crippen LogP contribution < -0.4 is 10.6 Å². The van der Waals surface area contributed by atoms with Gasteiger partial charge in [0, 0.05) is 23.5 Å². The fraction of sp³-hybridized carbons (Fsp3) is 0.593. The van der Waals surface area contributed by atoms with E-state index in [9.17, 15) is 24.6 Å². The molecule has 202 valence electrons. The molecular formula is C27H43N3O6. The van der Waals surface area contributed by atoms with Crippen LogP contribution in [0, 0.1) is 11.3 Å². The molecule has 0 fully saturated rings. The number of aromatic carboxylic acids is 1. The summed E-state index contributed by atoms with van der Waals surface area (Å²) in [5, 5.41) is 26.2. The number of hydrogen-bond donors (Lipinski definition) is 4. The Morgan fingerprint density at radius 2 is 1.56 bits per heavy atom. The molecule has 0 radical (unpaired) electrons. The number of nitrogens with one attached hydrogen (secondary N) is 2. The van der Waals surface area contributed by atoms with E-state index in [1.54, 1.807) is 37.4 Å². The minimum atomic E-state index is -1.01. The summed E-state index contributed by atoms with van der Waals surface area (Å²) in [6.07, 6.45) is 0.935. The van der Waals surface area contributed by atoms with Gasteiger partial charge < -0.3 is 20.8 Å². The molecule has 0 saturated heterocycles. The number of rotatable bonds is 12. The first-order valence-corrected chi connectivity index (χ1v) is 12.1. The normalized spacial score (nSPS) is 15.5. The summed E-state index contributed by atoms with van der Waals surface area (Å²) in [5.74, 6) is -2.23. The Hall–Kier alpha value is -2.75. The van der Waals surface area contributed by atoms with Gasteiger partial charge in [0.05, 0.1) is 17.6 Å². The average Bonchev–Trinajstić information content (AvgIpc) is 2.75. The summed E-state index contributed by atoms with van der Waals surface area (Å²) in [5.41, 5.74) is 0.0400. The van der Waals surface area contributed by atoms with Crippen molar-refractivity contribution >= 4 is 17.8 Å². The number of hydroxylamine groups is 2. The molecule has 0 saturated carbocycles. The van der Waals surface area contributed by atoms with Gasteiger partial charge in [-0.25, -0.2) is 9.59 Å². The zero-order valence-electron chi connectivity index (χ0n) is 23.2. The van der Waals surface area contributed by atoms with Crippen LogP contribution in [0.1, 0.15) is 71.3 Å². The van der Waals surface area contributed by atoms with Gasteiger partial charge in [-0.05, 0) is 37.6 Å². The Labute approximate surface area is 214 Å². The third-order valence-corrected chi connectivity index (χ3v) is 6.34. The number of amides is 1. The van der Waals surface area contributed by atoms with Crippen molar-refractivity contribution in [3.63, 3.8) is 0 Å². The lowest BCUT2D eigenvalue weighted by molar-refractivity contribution is -0.237. The van der Waals surface area contributed by atoms with Crippen molar-refractivity contribution in [1.29, 1.82) is 0 Å². The van der Waals surface area contributed by atoms with E-state index in [2.05, 4.69) is 10.6 Å². The number of carbonyl (C=O) groups excluding carboxylic acids is 1. The lowest BCUT2D eigenvalue weighted by Gasteiger charge is -2.40. The topological polar surface area (TPSA) is 128 Å². The molecule has 0 bridgehead atoms. The predicted octanol–water partition coefficient (Wildman–Crippen LogP) is 3.66. The summed E-state index contributed by atoms with van der Waals surface area (Å²) in [6.45, 7) is 15.1. The van der Waals surface area contributed by atoms with E-state index < -0.39 is 35.0 Å². The van der Waals surface area contributed by atoms with Crippen molar-refractivity contribution in [3.05, 3.63) is 47.0 Å². The van der Waals surface area contributed by atoms with Gasteiger partial charge in [-0.1, -0.05) is 66.7 Å². The highest BCUT2D eigenvalue weighted by Crippen LogP contribution is 2.29. The molecular weight excluding hydrogens is 462 g/mol. The summed E-state index contributed by atoms with van der Waals surface area (Å²) < 4.78 is 0. The summed E-state index contributed by atoms with van der Waals surface area (Å²) >= 11 is 0. The Bertz CT molecular complexity index is 947. The van der Waals surface area contributed by atoms with Gasteiger partial charge in [-0.2, -0.15) is 5.06 Å². The number of hydrogen-bond acceptors (Lipinski definition) is 6. The van der Waals surface area contributed by atoms with Crippen LogP contribution in [0.5, 0.6) is 0 Å². The SMILES string of the molecule is CNC(C(=O)N[C@@H](ON(C)[C@H](/C=C(\C)C(=O)O)C(C)C)C(C)(C)C)C(C)(C)c1ccc(C(=O)O)cc1. The van der Waals surface area contributed by atoms with Crippen molar-refractivity contribution in [2.24, 2.45) is 11.3 Å². The van der Waals surface area contributed by atoms with Gasteiger partial charge in [-0.15, -0.1) is 0 Å². The average molecular weight is 506 g/mol. The fourth-order valence-corrected chi connectivity index (χ4v) is 3.92.